The number of nitrogens with zero attached hydrogens (tertiary/aromatic N) is 1. The first kappa shape index (κ1) is 22.6. The van der Waals surface area contributed by atoms with Crippen molar-refractivity contribution in [3.05, 3.63) is 83.1 Å². The highest BCUT2D eigenvalue weighted by atomic mass is 35.5. The number of rotatable bonds is 7. The number of amides is 1. The molecule has 0 unspecified atom stereocenters. The van der Waals surface area contributed by atoms with Gasteiger partial charge in [-0.3, -0.25) is 9.10 Å². The van der Waals surface area contributed by atoms with Gasteiger partial charge >= 0.3 is 0 Å². The lowest BCUT2D eigenvalue weighted by atomic mass is 10.2. The first-order valence-corrected chi connectivity index (χ1v) is 11.0. The maximum absolute atomic E-state index is 13.5. The number of hydrogen-bond acceptors (Lipinski definition) is 4. The third-order valence-electron chi connectivity index (χ3n) is 4.40. The first-order chi connectivity index (χ1) is 14.7. The van der Waals surface area contributed by atoms with Gasteiger partial charge < -0.3 is 10.1 Å². The number of sulfonamides is 1. The van der Waals surface area contributed by atoms with Crippen LogP contribution < -0.4 is 14.4 Å². The second kappa shape index (κ2) is 9.36. The fourth-order valence-corrected chi connectivity index (χ4v) is 4.78. The van der Waals surface area contributed by atoms with Crippen LogP contribution >= 0.6 is 11.6 Å². The molecule has 31 heavy (non-hydrogen) atoms. The van der Waals surface area contributed by atoms with Crippen molar-refractivity contribution < 1.29 is 22.3 Å². The number of carbonyl (C=O) groups is 1. The van der Waals surface area contributed by atoms with Crippen molar-refractivity contribution in [1.82, 2.24) is 0 Å². The lowest BCUT2D eigenvalue weighted by Gasteiger charge is -2.25. The van der Waals surface area contributed by atoms with Gasteiger partial charge in [-0.25, -0.2) is 12.8 Å². The Hall–Kier alpha value is -3.10. The van der Waals surface area contributed by atoms with E-state index in [1.807, 2.05) is 0 Å². The quantitative estimate of drug-likeness (QED) is 0.555. The summed E-state index contributed by atoms with van der Waals surface area (Å²) in [4.78, 5) is 12.6. The molecule has 3 aromatic carbocycles. The Morgan fingerprint density at radius 3 is 2.45 bits per heavy atom. The van der Waals surface area contributed by atoms with E-state index in [2.05, 4.69) is 5.32 Å². The van der Waals surface area contributed by atoms with Crippen LogP contribution in [-0.2, 0) is 14.8 Å². The Morgan fingerprint density at radius 1 is 1.10 bits per heavy atom. The Morgan fingerprint density at radius 2 is 1.81 bits per heavy atom. The van der Waals surface area contributed by atoms with Crippen molar-refractivity contribution in [3.63, 3.8) is 0 Å². The third kappa shape index (κ3) is 5.34. The van der Waals surface area contributed by atoms with E-state index in [1.54, 1.807) is 37.3 Å². The summed E-state index contributed by atoms with van der Waals surface area (Å²) in [5, 5.41) is 3.04. The van der Waals surface area contributed by atoms with Crippen molar-refractivity contribution in [2.24, 2.45) is 0 Å². The molecule has 0 heterocycles. The Bertz CT molecular complexity index is 1200. The van der Waals surface area contributed by atoms with Gasteiger partial charge in [-0.05, 0) is 67.1 Å². The lowest BCUT2D eigenvalue weighted by Crippen LogP contribution is -2.38. The number of aryl methyl sites for hydroxylation is 1. The molecular formula is C22H20ClFN2O4S. The van der Waals surface area contributed by atoms with E-state index < -0.39 is 28.3 Å². The molecule has 0 saturated carbocycles. The Labute approximate surface area is 185 Å². The number of nitrogens with one attached hydrogen (secondary N) is 1. The molecule has 0 aromatic heterocycles. The standard InChI is InChI=1S/C22H20ClFN2O4S/c1-15-6-11-20(30-2)21(12-15)31(28,29)26(19-9-7-17(24)8-10-19)14-22(27)25-18-5-3-4-16(23)13-18/h3-13H,14H2,1-2H3,(H,25,27). The van der Waals surface area contributed by atoms with Gasteiger partial charge in [0.1, 0.15) is 23.0 Å². The number of hydrogen-bond donors (Lipinski definition) is 1. The molecular weight excluding hydrogens is 443 g/mol. The minimum atomic E-state index is -4.23. The van der Waals surface area contributed by atoms with Crippen LogP contribution in [0, 0.1) is 12.7 Å². The number of halogens is 2. The summed E-state index contributed by atoms with van der Waals surface area (Å²) in [6, 6.07) is 16.0. The molecule has 3 aromatic rings. The van der Waals surface area contributed by atoms with Gasteiger partial charge in [0.15, 0.2) is 0 Å². The molecule has 1 N–H and O–H groups in total. The summed E-state index contributed by atoms with van der Waals surface area (Å²) in [5.74, 6) is -0.993. The molecule has 3 rings (SSSR count). The molecule has 0 aliphatic carbocycles. The molecule has 0 saturated heterocycles. The van der Waals surface area contributed by atoms with Crippen LogP contribution in [0.5, 0.6) is 5.75 Å². The van der Waals surface area contributed by atoms with Crippen molar-refractivity contribution in [1.29, 1.82) is 0 Å². The zero-order chi connectivity index (χ0) is 22.6. The van der Waals surface area contributed by atoms with Crippen LogP contribution in [0.15, 0.2) is 71.6 Å². The van der Waals surface area contributed by atoms with Gasteiger partial charge in [-0.15, -0.1) is 0 Å². The molecule has 0 aliphatic heterocycles. The van der Waals surface area contributed by atoms with E-state index in [9.17, 15) is 17.6 Å². The van der Waals surface area contributed by atoms with Gasteiger partial charge in [-0.2, -0.15) is 0 Å². The number of methoxy groups -OCH3 is 1. The van der Waals surface area contributed by atoms with Gasteiger partial charge in [-0.1, -0.05) is 23.7 Å². The molecule has 0 atom stereocenters. The number of carbonyl (C=O) groups excluding carboxylic acids is 1. The highest BCUT2D eigenvalue weighted by molar-refractivity contribution is 7.93. The van der Waals surface area contributed by atoms with Crippen LogP contribution in [0.4, 0.5) is 15.8 Å². The largest absolute Gasteiger partial charge is 0.495 e. The second-order valence-corrected chi connectivity index (χ2v) is 8.97. The summed E-state index contributed by atoms with van der Waals surface area (Å²) in [6.07, 6.45) is 0. The van der Waals surface area contributed by atoms with E-state index in [-0.39, 0.29) is 16.3 Å². The Kier molecular flexibility index (Phi) is 6.82. The fraction of sp³-hybridized carbons (Fsp3) is 0.136. The van der Waals surface area contributed by atoms with Crippen LogP contribution in [0.1, 0.15) is 5.56 Å². The SMILES string of the molecule is COc1ccc(C)cc1S(=O)(=O)N(CC(=O)Nc1cccc(Cl)c1)c1ccc(F)cc1. The van der Waals surface area contributed by atoms with Crippen molar-refractivity contribution in [3.8, 4) is 5.75 Å². The highest BCUT2D eigenvalue weighted by Crippen LogP contribution is 2.31. The summed E-state index contributed by atoms with van der Waals surface area (Å²) >= 11 is 5.94. The van der Waals surface area contributed by atoms with Gasteiger partial charge in [0.25, 0.3) is 10.0 Å². The summed E-state index contributed by atoms with van der Waals surface area (Å²) in [7, 11) is -2.87. The maximum Gasteiger partial charge on any atom is 0.268 e. The number of ether oxygens (including phenoxy) is 1. The van der Waals surface area contributed by atoms with Gasteiger partial charge in [0.05, 0.1) is 12.8 Å². The summed E-state index contributed by atoms with van der Waals surface area (Å²) < 4.78 is 46.7. The van der Waals surface area contributed by atoms with Gasteiger partial charge in [0, 0.05) is 10.7 Å². The van der Waals surface area contributed by atoms with Crippen LogP contribution in [0.2, 0.25) is 5.02 Å². The topological polar surface area (TPSA) is 75.7 Å². The molecule has 162 valence electrons. The zero-order valence-corrected chi connectivity index (χ0v) is 18.4. The Balaban J connectivity index is 2.01. The summed E-state index contributed by atoms with van der Waals surface area (Å²) in [5.41, 5.74) is 1.25. The number of anilines is 2. The molecule has 6 nitrogen and oxygen atoms in total. The van der Waals surface area contributed by atoms with Crippen molar-refractivity contribution in [2.75, 3.05) is 23.3 Å². The van der Waals surface area contributed by atoms with E-state index in [4.69, 9.17) is 16.3 Å². The monoisotopic (exact) mass is 462 g/mol. The smallest absolute Gasteiger partial charge is 0.268 e. The van der Waals surface area contributed by atoms with E-state index in [0.717, 1.165) is 16.4 Å². The second-order valence-electron chi connectivity index (χ2n) is 6.70. The van der Waals surface area contributed by atoms with Crippen molar-refractivity contribution in [2.45, 2.75) is 11.8 Å². The predicted octanol–water partition coefficient (Wildman–Crippen LogP) is 4.63. The zero-order valence-electron chi connectivity index (χ0n) is 16.8. The predicted molar refractivity (Wildman–Crippen MR) is 119 cm³/mol. The van der Waals surface area contributed by atoms with Gasteiger partial charge in [0.2, 0.25) is 5.91 Å². The minimum Gasteiger partial charge on any atom is -0.495 e. The van der Waals surface area contributed by atoms with E-state index >= 15 is 0 Å². The minimum absolute atomic E-state index is 0.102. The molecule has 0 radical (unpaired) electrons. The highest BCUT2D eigenvalue weighted by Gasteiger charge is 2.30. The molecule has 0 aliphatic rings. The third-order valence-corrected chi connectivity index (χ3v) is 6.43. The summed E-state index contributed by atoms with van der Waals surface area (Å²) in [6.45, 7) is 1.20. The molecule has 0 bridgehead atoms. The van der Waals surface area contributed by atoms with Crippen LogP contribution in [0.25, 0.3) is 0 Å². The molecule has 9 heteroatoms. The average Bonchev–Trinajstić information content (AvgIpc) is 2.72. The van der Waals surface area contributed by atoms with Crippen LogP contribution in [0.3, 0.4) is 0 Å². The fourth-order valence-electron chi connectivity index (χ4n) is 2.92. The van der Waals surface area contributed by atoms with E-state index in [0.29, 0.717) is 16.3 Å². The molecule has 0 spiro atoms. The van der Waals surface area contributed by atoms with Crippen molar-refractivity contribution >= 4 is 38.9 Å². The number of benzene rings is 3. The molecule has 1 amide bonds. The normalized spacial score (nSPS) is 11.1. The van der Waals surface area contributed by atoms with E-state index in [1.165, 1.54) is 31.4 Å². The lowest BCUT2D eigenvalue weighted by molar-refractivity contribution is -0.114. The first-order valence-electron chi connectivity index (χ1n) is 9.19. The molecule has 0 fully saturated rings. The van der Waals surface area contributed by atoms with Crippen LogP contribution in [-0.4, -0.2) is 28.0 Å². The maximum atomic E-state index is 13.5. The average molecular weight is 463 g/mol.